The number of halogens is 1. The van der Waals surface area contributed by atoms with Gasteiger partial charge in [-0.25, -0.2) is 19.0 Å². The summed E-state index contributed by atoms with van der Waals surface area (Å²) in [5.41, 5.74) is 0.623. The van der Waals surface area contributed by atoms with E-state index in [0.29, 0.717) is 5.56 Å². The van der Waals surface area contributed by atoms with Crippen LogP contribution < -0.4 is 9.47 Å². The van der Waals surface area contributed by atoms with Crippen molar-refractivity contribution in [3.05, 3.63) is 89.3 Å². The molecule has 2 aromatic carbocycles. The molecule has 1 aromatic heterocycles. The van der Waals surface area contributed by atoms with E-state index in [1.165, 1.54) is 49.8 Å². The molecule has 0 N–H and O–H groups in total. The number of rotatable bonds is 5. The van der Waals surface area contributed by atoms with Crippen molar-refractivity contribution >= 4 is 23.9 Å². The molecule has 4 rings (SSSR count). The van der Waals surface area contributed by atoms with Gasteiger partial charge in [-0.2, -0.15) is 0 Å². The zero-order valence-electron chi connectivity index (χ0n) is 15.6. The number of hydrogen-bond acceptors (Lipinski definition) is 7. The van der Waals surface area contributed by atoms with Crippen molar-refractivity contribution in [2.75, 3.05) is 7.11 Å². The number of hydrogen-bond donors (Lipinski definition) is 0. The van der Waals surface area contributed by atoms with E-state index in [0.717, 1.165) is 0 Å². The number of aliphatic imine (C=N–C) groups is 1. The van der Waals surface area contributed by atoms with Crippen molar-refractivity contribution in [1.82, 2.24) is 0 Å². The van der Waals surface area contributed by atoms with Gasteiger partial charge >= 0.3 is 11.9 Å². The first-order valence-corrected chi connectivity index (χ1v) is 8.76. The minimum absolute atomic E-state index is 0.00404. The lowest BCUT2D eigenvalue weighted by atomic mass is 10.1. The maximum Gasteiger partial charge on any atom is 0.379 e. The Labute approximate surface area is 170 Å². The Morgan fingerprint density at radius 2 is 1.93 bits per heavy atom. The highest BCUT2D eigenvalue weighted by Gasteiger charge is 2.26. The van der Waals surface area contributed by atoms with E-state index in [9.17, 15) is 14.0 Å². The Balaban J connectivity index is 1.60. The van der Waals surface area contributed by atoms with Crippen LogP contribution in [0.5, 0.6) is 11.5 Å². The molecule has 0 radical (unpaired) electrons. The molecule has 0 unspecified atom stereocenters. The van der Waals surface area contributed by atoms with Crippen LogP contribution in [0.2, 0.25) is 0 Å². The highest BCUT2D eigenvalue weighted by Crippen LogP contribution is 2.30. The zero-order valence-corrected chi connectivity index (χ0v) is 15.6. The number of nitrogens with zero attached hydrogens (tertiary/aromatic N) is 1. The minimum Gasteiger partial charge on any atom is -0.493 e. The molecule has 0 aliphatic carbocycles. The number of esters is 2. The fourth-order valence-corrected chi connectivity index (χ4v) is 2.72. The summed E-state index contributed by atoms with van der Waals surface area (Å²) < 4.78 is 34.5. The molecule has 150 valence electrons. The van der Waals surface area contributed by atoms with Crippen molar-refractivity contribution in [2.24, 2.45) is 4.99 Å². The van der Waals surface area contributed by atoms with Gasteiger partial charge in [0.05, 0.1) is 18.9 Å². The topological polar surface area (TPSA) is 87.3 Å². The summed E-state index contributed by atoms with van der Waals surface area (Å²) in [5.74, 6) is -1.56. The zero-order chi connectivity index (χ0) is 21.1. The van der Waals surface area contributed by atoms with Gasteiger partial charge in [0, 0.05) is 0 Å². The van der Waals surface area contributed by atoms with E-state index in [-0.39, 0.29) is 34.4 Å². The molecule has 7 nitrogen and oxygen atoms in total. The molecule has 0 atom stereocenters. The number of benzene rings is 2. The summed E-state index contributed by atoms with van der Waals surface area (Å²) in [6.07, 6.45) is 2.82. The lowest BCUT2D eigenvalue weighted by molar-refractivity contribution is -0.129. The molecule has 0 saturated carbocycles. The molecule has 2 heterocycles. The number of cyclic esters (lactones) is 1. The van der Waals surface area contributed by atoms with Gasteiger partial charge in [-0.15, -0.1) is 0 Å². The van der Waals surface area contributed by atoms with Crippen molar-refractivity contribution in [3.8, 4) is 11.5 Å². The normalized spacial score (nSPS) is 14.4. The van der Waals surface area contributed by atoms with Crippen molar-refractivity contribution in [1.29, 1.82) is 0 Å². The highest BCUT2D eigenvalue weighted by molar-refractivity contribution is 6.13. The third-order valence-electron chi connectivity index (χ3n) is 4.14. The fraction of sp³-hybridized carbons (Fsp3) is 0.0455. The van der Waals surface area contributed by atoms with Crippen molar-refractivity contribution in [3.63, 3.8) is 0 Å². The molecule has 1 aliphatic rings. The highest BCUT2D eigenvalue weighted by atomic mass is 19.1. The summed E-state index contributed by atoms with van der Waals surface area (Å²) in [7, 11) is 1.41. The SMILES string of the molecule is COc1cc(/C=C2\N=C(c3ccccc3F)OC2=O)ccc1OC(=O)c1ccco1. The predicted octanol–water partition coefficient (Wildman–Crippen LogP) is 3.99. The van der Waals surface area contributed by atoms with E-state index >= 15 is 0 Å². The Morgan fingerprint density at radius 3 is 2.67 bits per heavy atom. The van der Waals surface area contributed by atoms with Crippen LogP contribution in [-0.2, 0) is 9.53 Å². The summed E-state index contributed by atoms with van der Waals surface area (Å²) in [6.45, 7) is 0. The van der Waals surface area contributed by atoms with Gasteiger partial charge in [0.15, 0.2) is 17.2 Å². The standard InChI is InChI=1S/C22H14FNO6/c1-27-19-12-13(8-9-17(19)29-22(26)18-7-4-10-28-18)11-16-21(25)30-20(24-16)14-5-2-3-6-15(14)23/h2-12H,1H3/b16-11-. The average Bonchev–Trinajstić information content (AvgIpc) is 3.40. The van der Waals surface area contributed by atoms with Crippen molar-refractivity contribution < 1.29 is 32.6 Å². The largest absolute Gasteiger partial charge is 0.493 e. The van der Waals surface area contributed by atoms with Gasteiger partial charge in [-0.3, -0.25) is 0 Å². The minimum atomic E-state index is -0.708. The van der Waals surface area contributed by atoms with E-state index in [1.54, 1.807) is 24.3 Å². The van der Waals surface area contributed by atoms with Crippen LogP contribution in [0, 0.1) is 5.82 Å². The molecule has 30 heavy (non-hydrogen) atoms. The van der Waals surface area contributed by atoms with Gasteiger partial charge in [-0.05, 0) is 48.0 Å². The molecule has 3 aromatic rings. The number of methoxy groups -OCH3 is 1. The Morgan fingerprint density at radius 1 is 1.10 bits per heavy atom. The van der Waals surface area contributed by atoms with Crippen LogP contribution in [0.25, 0.3) is 6.08 Å². The second-order valence-corrected chi connectivity index (χ2v) is 6.09. The number of ether oxygens (including phenoxy) is 3. The monoisotopic (exact) mass is 407 g/mol. The molecule has 8 heteroatoms. The first-order chi connectivity index (χ1) is 14.5. The molecule has 0 saturated heterocycles. The third kappa shape index (κ3) is 3.83. The lowest BCUT2D eigenvalue weighted by Crippen LogP contribution is -2.08. The first-order valence-electron chi connectivity index (χ1n) is 8.76. The molecule has 1 aliphatic heterocycles. The van der Waals surface area contributed by atoms with Gasteiger partial charge in [0.2, 0.25) is 11.7 Å². The molecular weight excluding hydrogens is 393 g/mol. The summed E-state index contributed by atoms with van der Waals surface area (Å²) in [6, 6.07) is 13.6. The van der Waals surface area contributed by atoms with E-state index < -0.39 is 17.8 Å². The smallest absolute Gasteiger partial charge is 0.379 e. The van der Waals surface area contributed by atoms with Crippen LogP contribution in [0.1, 0.15) is 21.7 Å². The van der Waals surface area contributed by atoms with Crippen LogP contribution in [0.4, 0.5) is 4.39 Å². The summed E-state index contributed by atoms with van der Waals surface area (Å²) in [5, 5.41) is 0. The van der Waals surface area contributed by atoms with E-state index in [2.05, 4.69) is 4.99 Å². The molecular formula is C22H14FNO6. The third-order valence-corrected chi connectivity index (χ3v) is 4.14. The first kappa shape index (κ1) is 19.1. The average molecular weight is 407 g/mol. The predicted molar refractivity (Wildman–Crippen MR) is 104 cm³/mol. The van der Waals surface area contributed by atoms with Crippen LogP contribution in [-0.4, -0.2) is 24.9 Å². The summed E-state index contributed by atoms with van der Waals surface area (Å²) in [4.78, 5) is 28.3. The van der Waals surface area contributed by atoms with Crippen LogP contribution in [0.3, 0.4) is 0 Å². The van der Waals surface area contributed by atoms with Gasteiger partial charge in [-0.1, -0.05) is 18.2 Å². The molecule has 0 amide bonds. The second kappa shape index (κ2) is 8.04. The number of carbonyl (C=O) groups excluding carboxylic acids is 2. The van der Waals surface area contributed by atoms with Crippen molar-refractivity contribution in [2.45, 2.75) is 0 Å². The molecule has 0 bridgehead atoms. The molecule has 0 spiro atoms. The maximum atomic E-state index is 13.9. The van der Waals surface area contributed by atoms with Gasteiger partial charge in [0.1, 0.15) is 5.82 Å². The Kier molecular flexibility index (Phi) is 5.13. The van der Waals surface area contributed by atoms with Gasteiger partial charge in [0.25, 0.3) is 0 Å². The Hall–Kier alpha value is -4.20. The lowest BCUT2D eigenvalue weighted by Gasteiger charge is -2.09. The maximum absolute atomic E-state index is 13.9. The van der Waals surface area contributed by atoms with Crippen LogP contribution in [0.15, 0.2) is 76.0 Å². The Bertz CT molecular complexity index is 1180. The quantitative estimate of drug-likeness (QED) is 0.361. The van der Waals surface area contributed by atoms with Crippen LogP contribution >= 0.6 is 0 Å². The number of furan rings is 1. The molecule has 0 fully saturated rings. The fourth-order valence-electron chi connectivity index (χ4n) is 2.72. The van der Waals surface area contributed by atoms with E-state index in [1.807, 2.05) is 0 Å². The number of carbonyl (C=O) groups is 2. The van der Waals surface area contributed by atoms with E-state index in [4.69, 9.17) is 18.6 Å². The second-order valence-electron chi connectivity index (χ2n) is 6.09. The summed E-state index contributed by atoms with van der Waals surface area (Å²) >= 11 is 0. The van der Waals surface area contributed by atoms with Gasteiger partial charge < -0.3 is 18.6 Å².